The molecule has 0 aromatic carbocycles. The van der Waals surface area contributed by atoms with Gasteiger partial charge in [0.05, 0.1) is 6.10 Å². The maximum Gasteiger partial charge on any atom is 0.166 e. The largest absolute Gasteiger partial charge is 0.390 e. The van der Waals surface area contributed by atoms with E-state index in [1.807, 2.05) is 0 Å². The van der Waals surface area contributed by atoms with Crippen LogP contribution < -0.4 is 0 Å². The smallest absolute Gasteiger partial charge is 0.166 e. The average Bonchev–Trinajstić information content (AvgIpc) is 2.63. The van der Waals surface area contributed by atoms with Crippen LogP contribution >= 0.6 is 11.6 Å². The van der Waals surface area contributed by atoms with Gasteiger partial charge in [-0.2, -0.15) is 0 Å². The third kappa shape index (κ3) is 2.32. The third-order valence-electron chi connectivity index (χ3n) is 1.78. The van der Waals surface area contributed by atoms with E-state index in [0.29, 0.717) is 0 Å². The molecule has 0 heterocycles. The summed E-state index contributed by atoms with van der Waals surface area (Å²) < 4.78 is 20.5. The summed E-state index contributed by atoms with van der Waals surface area (Å²) in [5.41, 5.74) is 0. The zero-order chi connectivity index (χ0) is 8.65. The van der Waals surface area contributed by atoms with E-state index < -0.39 is 20.7 Å². The monoisotopic (exact) mass is 198 g/mol. The maximum absolute atomic E-state index is 10.8. The van der Waals surface area contributed by atoms with Gasteiger partial charge in [-0.1, -0.05) is 0 Å². The molecule has 0 bridgehead atoms. The summed E-state index contributed by atoms with van der Waals surface area (Å²) in [5, 5.41) is 9.28. The van der Waals surface area contributed by atoms with Crippen molar-refractivity contribution in [3.63, 3.8) is 0 Å². The standard InChI is InChI=1S/C6H11ClO3S/c1-11(9,10)6(7)5(8)4-2-3-4/h4-6,8H,2-3H2,1H3/t5-,6+/m0/s1. The molecular formula is C6H11ClO3S. The van der Waals surface area contributed by atoms with Gasteiger partial charge < -0.3 is 5.11 Å². The van der Waals surface area contributed by atoms with Crippen molar-refractivity contribution < 1.29 is 13.5 Å². The van der Waals surface area contributed by atoms with Gasteiger partial charge in [0.15, 0.2) is 14.5 Å². The molecule has 0 aromatic heterocycles. The summed E-state index contributed by atoms with van der Waals surface area (Å²) in [4.78, 5) is 0. The van der Waals surface area contributed by atoms with Gasteiger partial charge in [-0.15, -0.1) is 11.6 Å². The zero-order valence-corrected chi connectivity index (χ0v) is 7.77. The van der Waals surface area contributed by atoms with Crippen molar-refractivity contribution >= 4 is 21.4 Å². The summed E-state index contributed by atoms with van der Waals surface area (Å²) in [5.74, 6) is 0.104. The fourth-order valence-electron chi connectivity index (χ4n) is 0.905. The Morgan fingerprint density at radius 2 is 2.00 bits per heavy atom. The van der Waals surface area contributed by atoms with E-state index in [1.165, 1.54) is 0 Å². The van der Waals surface area contributed by atoms with Gasteiger partial charge >= 0.3 is 0 Å². The van der Waals surface area contributed by atoms with Gasteiger partial charge in [0.1, 0.15) is 0 Å². The van der Waals surface area contributed by atoms with Crippen LogP contribution in [0.1, 0.15) is 12.8 Å². The lowest BCUT2D eigenvalue weighted by Gasteiger charge is -2.13. The first-order chi connectivity index (χ1) is 4.93. The maximum atomic E-state index is 10.8. The van der Waals surface area contributed by atoms with Crippen LogP contribution in [0.2, 0.25) is 0 Å². The molecular weight excluding hydrogens is 188 g/mol. The lowest BCUT2D eigenvalue weighted by atomic mass is 10.3. The molecule has 11 heavy (non-hydrogen) atoms. The first-order valence-electron chi connectivity index (χ1n) is 3.44. The SMILES string of the molecule is CS(=O)(=O)[C@@H](Cl)[C@@H](O)C1CC1. The molecule has 3 nitrogen and oxygen atoms in total. The molecule has 66 valence electrons. The molecule has 1 fully saturated rings. The molecule has 1 rings (SSSR count). The highest BCUT2D eigenvalue weighted by atomic mass is 35.5. The van der Waals surface area contributed by atoms with Crippen molar-refractivity contribution in [3.05, 3.63) is 0 Å². The molecule has 0 unspecified atom stereocenters. The first kappa shape index (κ1) is 9.29. The first-order valence-corrected chi connectivity index (χ1v) is 5.83. The Kier molecular flexibility index (Phi) is 2.46. The Bertz CT molecular complexity index is 232. The van der Waals surface area contributed by atoms with Crippen LogP contribution in [0.15, 0.2) is 0 Å². The minimum absolute atomic E-state index is 0.104. The highest BCUT2D eigenvalue weighted by Gasteiger charge is 2.38. The van der Waals surface area contributed by atoms with Crippen LogP contribution in [-0.2, 0) is 9.84 Å². The zero-order valence-electron chi connectivity index (χ0n) is 6.20. The molecule has 5 heteroatoms. The lowest BCUT2D eigenvalue weighted by Crippen LogP contribution is -2.29. The van der Waals surface area contributed by atoms with Crippen LogP contribution in [-0.4, -0.2) is 30.6 Å². The molecule has 0 spiro atoms. The van der Waals surface area contributed by atoms with Gasteiger partial charge in [-0.25, -0.2) is 8.42 Å². The highest BCUT2D eigenvalue weighted by Crippen LogP contribution is 2.36. The fraction of sp³-hybridized carbons (Fsp3) is 1.00. The third-order valence-corrected chi connectivity index (χ3v) is 4.11. The number of rotatable bonds is 3. The summed E-state index contributed by atoms with van der Waals surface area (Å²) in [6.07, 6.45) is 1.93. The van der Waals surface area contributed by atoms with Crippen molar-refractivity contribution in [2.24, 2.45) is 5.92 Å². The minimum atomic E-state index is -3.29. The van der Waals surface area contributed by atoms with Crippen molar-refractivity contribution in [1.29, 1.82) is 0 Å². The van der Waals surface area contributed by atoms with Gasteiger partial charge in [-0.05, 0) is 18.8 Å². The molecule has 1 aliphatic rings. The Balaban J connectivity index is 2.59. The van der Waals surface area contributed by atoms with Crippen LogP contribution in [0, 0.1) is 5.92 Å². The van der Waals surface area contributed by atoms with Crippen molar-refractivity contribution in [2.45, 2.75) is 23.7 Å². The molecule has 0 aromatic rings. The fourth-order valence-corrected chi connectivity index (χ4v) is 1.84. The Morgan fingerprint density at radius 1 is 1.55 bits per heavy atom. The molecule has 0 radical (unpaired) electrons. The lowest BCUT2D eigenvalue weighted by molar-refractivity contribution is 0.164. The van der Waals surface area contributed by atoms with Crippen LogP contribution in [0.3, 0.4) is 0 Å². The molecule has 0 aliphatic heterocycles. The summed E-state index contributed by atoms with van der Waals surface area (Å²) in [6.45, 7) is 0. The van der Waals surface area contributed by atoms with E-state index in [0.717, 1.165) is 19.1 Å². The minimum Gasteiger partial charge on any atom is -0.390 e. The summed E-state index contributed by atoms with van der Waals surface area (Å²) >= 11 is 5.50. The van der Waals surface area contributed by atoms with Crippen LogP contribution in [0.4, 0.5) is 0 Å². The molecule has 1 N–H and O–H groups in total. The van der Waals surface area contributed by atoms with Crippen LogP contribution in [0.5, 0.6) is 0 Å². The second kappa shape index (κ2) is 2.92. The van der Waals surface area contributed by atoms with Crippen molar-refractivity contribution in [3.8, 4) is 0 Å². The number of hydrogen-bond acceptors (Lipinski definition) is 3. The van der Waals surface area contributed by atoms with E-state index in [9.17, 15) is 13.5 Å². The number of alkyl halides is 1. The summed E-state index contributed by atoms with van der Waals surface area (Å²) in [7, 11) is -3.29. The number of aliphatic hydroxyl groups is 1. The summed E-state index contributed by atoms with van der Waals surface area (Å²) in [6, 6.07) is 0. The van der Waals surface area contributed by atoms with E-state index in [-0.39, 0.29) is 5.92 Å². The van der Waals surface area contributed by atoms with Gasteiger partial charge in [-0.3, -0.25) is 0 Å². The second-order valence-electron chi connectivity index (χ2n) is 3.01. The van der Waals surface area contributed by atoms with Crippen molar-refractivity contribution in [1.82, 2.24) is 0 Å². The van der Waals surface area contributed by atoms with E-state index in [4.69, 9.17) is 11.6 Å². The van der Waals surface area contributed by atoms with Crippen molar-refractivity contribution in [2.75, 3.05) is 6.26 Å². The Hall–Kier alpha value is 0.200. The van der Waals surface area contributed by atoms with Gasteiger partial charge in [0, 0.05) is 6.26 Å². The van der Waals surface area contributed by atoms with E-state index in [1.54, 1.807) is 0 Å². The molecule has 1 saturated carbocycles. The number of hydrogen-bond donors (Lipinski definition) is 1. The van der Waals surface area contributed by atoms with E-state index in [2.05, 4.69) is 0 Å². The Morgan fingerprint density at radius 3 is 2.27 bits per heavy atom. The Labute approximate surface area is 71.3 Å². The molecule has 0 amide bonds. The highest BCUT2D eigenvalue weighted by molar-refractivity contribution is 7.92. The predicted octanol–water partition coefficient (Wildman–Crippen LogP) is 0.367. The van der Waals surface area contributed by atoms with E-state index >= 15 is 0 Å². The number of sulfone groups is 1. The van der Waals surface area contributed by atoms with Gasteiger partial charge in [0.2, 0.25) is 0 Å². The predicted molar refractivity (Wildman–Crippen MR) is 43.2 cm³/mol. The average molecular weight is 199 g/mol. The number of halogens is 1. The van der Waals surface area contributed by atoms with Gasteiger partial charge in [0.25, 0.3) is 0 Å². The van der Waals surface area contributed by atoms with Crippen LogP contribution in [0.25, 0.3) is 0 Å². The second-order valence-corrected chi connectivity index (χ2v) is 5.90. The normalized spacial score (nSPS) is 24.6. The topological polar surface area (TPSA) is 54.4 Å². The molecule has 0 saturated heterocycles. The number of aliphatic hydroxyl groups excluding tert-OH is 1. The molecule has 2 atom stereocenters. The molecule has 1 aliphatic carbocycles. The quantitative estimate of drug-likeness (QED) is 0.667.